The monoisotopic (exact) mass is 359 g/mol. The average molecular weight is 360 g/mol. The fourth-order valence-corrected chi connectivity index (χ4v) is 5.89. The Morgan fingerprint density at radius 3 is 2.50 bits per heavy atom. The van der Waals surface area contributed by atoms with Crippen molar-refractivity contribution in [1.29, 1.82) is 0 Å². The van der Waals surface area contributed by atoms with Crippen LogP contribution in [0.1, 0.15) is 42.3 Å². The number of phenolic OH excluding ortho intramolecular Hbond substituents is 1. The van der Waals surface area contributed by atoms with Gasteiger partial charge in [-0.05, 0) is 72.3 Å². The van der Waals surface area contributed by atoms with Crippen molar-refractivity contribution in [2.45, 2.75) is 31.2 Å². The summed E-state index contributed by atoms with van der Waals surface area (Å²) in [6.07, 6.45) is 3.98. The predicted octanol–water partition coefficient (Wildman–Crippen LogP) is 6.00. The Bertz CT molecular complexity index is 804. The smallest absolute Gasteiger partial charge is 0.115 e. The number of benzene rings is 2. The minimum absolute atomic E-state index is 0.231. The number of phenols is 1. The van der Waals surface area contributed by atoms with E-state index in [1.807, 2.05) is 18.2 Å². The maximum atomic E-state index is 9.63. The molecule has 2 nitrogen and oxygen atoms in total. The van der Waals surface area contributed by atoms with E-state index in [2.05, 4.69) is 11.4 Å². The summed E-state index contributed by atoms with van der Waals surface area (Å²) < 4.78 is 0. The first-order valence-electron chi connectivity index (χ1n) is 8.67. The van der Waals surface area contributed by atoms with Crippen molar-refractivity contribution in [3.8, 4) is 5.75 Å². The van der Waals surface area contributed by atoms with Gasteiger partial charge in [0, 0.05) is 0 Å². The van der Waals surface area contributed by atoms with Crippen LogP contribution in [0.5, 0.6) is 5.75 Å². The largest absolute Gasteiger partial charge is 0.508 e. The predicted molar refractivity (Wildman–Crippen MR) is 98.0 cm³/mol. The number of rotatable bonds is 1. The fourth-order valence-electron chi connectivity index (χ4n) is 5.51. The van der Waals surface area contributed by atoms with Crippen LogP contribution in [0.4, 0.5) is 5.69 Å². The van der Waals surface area contributed by atoms with E-state index in [1.165, 1.54) is 30.4 Å². The molecular weight excluding hydrogens is 341 g/mol. The number of hydrogen-bond acceptors (Lipinski definition) is 2. The summed E-state index contributed by atoms with van der Waals surface area (Å²) in [7, 11) is 0. The maximum absolute atomic E-state index is 9.63. The molecule has 2 saturated carbocycles. The first-order chi connectivity index (χ1) is 11.6. The summed E-state index contributed by atoms with van der Waals surface area (Å²) >= 11 is 12.8. The highest BCUT2D eigenvalue weighted by Crippen LogP contribution is 2.64. The Labute approximate surface area is 151 Å². The van der Waals surface area contributed by atoms with Crippen LogP contribution in [0.25, 0.3) is 0 Å². The van der Waals surface area contributed by atoms with Crippen molar-refractivity contribution in [3.63, 3.8) is 0 Å². The standard InChI is InChI=1S/C20H19Cl2NO/c21-15-8-7-14-16-11-1-2-12(9-11)17(16)19(23-20(14)18(15)22)10-3-5-13(24)6-4-10/h3-8,11-12,16-17,19,23-24H,1-2,9H2/t11-,12+,16-,17-,19+/m1/s1. The lowest BCUT2D eigenvalue weighted by Crippen LogP contribution is -2.35. The number of nitrogens with one attached hydrogen (secondary N) is 1. The molecule has 1 aliphatic heterocycles. The second kappa shape index (κ2) is 5.31. The quantitative estimate of drug-likeness (QED) is 0.654. The molecule has 24 heavy (non-hydrogen) atoms. The van der Waals surface area contributed by atoms with Crippen LogP contribution < -0.4 is 5.32 Å². The van der Waals surface area contributed by atoms with Gasteiger partial charge in [0.05, 0.1) is 21.8 Å². The fraction of sp³-hybridized carbons (Fsp3) is 0.400. The molecule has 2 aliphatic carbocycles. The number of hydrogen-bond donors (Lipinski definition) is 2. The highest BCUT2D eigenvalue weighted by molar-refractivity contribution is 6.43. The molecule has 0 radical (unpaired) electrons. The maximum Gasteiger partial charge on any atom is 0.115 e. The van der Waals surface area contributed by atoms with Gasteiger partial charge in [0.15, 0.2) is 0 Å². The Morgan fingerprint density at radius 2 is 1.71 bits per heavy atom. The lowest BCUT2D eigenvalue weighted by Gasteiger charge is -2.44. The highest BCUT2D eigenvalue weighted by atomic mass is 35.5. The van der Waals surface area contributed by atoms with Crippen molar-refractivity contribution >= 4 is 28.9 Å². The molecule has 5 rings (SSSR count). The summed E-state index contributed by atoms with van der Waals surface area (Å²) in [5, 5.41) is 14.6. The molecule has 5 atom stereocenters. The van der Waals surface area contributed by atoms with E-state index < -0.39 is 0 Å². The molecule has 3 aliphatic rings. The molecule has 2 aromatic carbocycles. The van der Waals surface area contributed by atoms with E-state index in [1.54, 1.807) is 12.1 Å². The molecule has 2 bridgehead atoms. The lowest BCUT2D eigenvalue weighted by molar-refractivity contribution is 0.247. The van der Waals surface area contributed by atoms with Crippen LogP contribution in [0, 0.1) is 17.8 Å². The summed E-state index contributed by atoms with van der Waals surface area (Å²) in [5.41, 5.74) is 3.57. The Morgan fingerprint density at radius 1 is 0.958 bits per heavy atom. The van der Waals surface area contributed by atoms with Gasteiger partial charge in [0.2, 0.25) is 0 Å². The second-order valence-corrected chi connectivity index (χ2v) is 8.26. The summed E-state index contributed by atoms with van der Waals surface area (Å²) in [5.74, 6) is 3.00. The average Bonchev–Trinajstić information content (AvgIpc) is 3.20. The Kier molecular flexibility index (Phi) is 3.30. The zero-order chi connectivity index (χ0) is 16.4. The van der Waals surface area contributed by atoms with Crippen LogP contribution in [0.15, 0.2) is 36.4 Å². The van der Waals surface area contributed by atoms with Gasteiger partial charge in [-0.25, -0.2) is 0 Å². The normalized spacial score (nSPS) is 33.0. The molecule has 2 fully saturated rings. The third kappa shape index (κ3) is 2.02. The summed E-state index contributed by atoms with van der Waals surface area (Å²) in [6, 6.07) is 11.9. The van der Waals surface area contributed by atoms with Crippen LogP contribution >= 0.6 is 23.2 Å². The third-order valence-electron chi connectivity index (χ3n) is 6.40. The van der Waals surface area contributed by atoms with Crippen LogP contribution in [-0.2, 0) is 0 Å². The molecule has 1 heterocycles. The number of aromatic hydroxyl groups is 1. The first-order valence-corrected chi connectivity index (χ1v) is 9.42. The van der Waals surface area contributed by atoms with E-state index in [4.69, 9.17) is 23.2 Å². The van der Waals surface area contributed by atoms with E-state index in [-0.39, 0.29) is 6.04 Å². The van der Waals surface area contributed by atoms with Gasteiger partial charge in [-0.3, -0.25) is 0 Å². The SMILES string of the molecule is Oc1ccc([C@@H]2Nc3c(ccc(Cl)c3Cl)[C@H]3[C@@H]4CC[C@@H](C4)[C@H]32)cc1. The van der Waals surface area contributed by atoms with Crippen LogP contribution in [0.2, 0.25) is 10.0 Å². The van der Waals surface area contributed by atoms with E-state index in [0.29, 0.717) is 27.6 Å². The molecule has 2 aromatic rings. The van der Waals surface area contributed by atoms with Gasteiger partial charge in [0.1, 0.15) is 5.75 Å². The molecule has 2 N–H and O–H groups in total. The van der Waals surface area contributed by atoms with Crippen LogP contribution in [0.3, 0.4) is 0 Å². The molecule has 4 heteroatoms. The molecule has 0 amide bonds. The molecule has 0 spiro atoms. The van der Waals surface area contributed by atoms with Crippen LogP contribution in [-0.4, -0.2) is 5.11 Å². The molecular formula is C20H19Cl2NO. The molecule has 0 aromatic heterocycles. The Balaban J connectivity index is 1.66. The Hall–Kier alpha value is -1.38. The number of fused-ring (bicyclic) bond motifs is 7. The zero-order valence-electron chi connectivity index (χ0n) is 13.2. The van der Waals surface area contributed by atoms with E-state index >= 15 is 0 Å². The minimum atomic E-state index is 0.231. The third-order valence-corrected chi connectivity index (χ3v) is 7.21. The lowest BCUT2D eigenvalue weighted by atomic mass is 9.68. The second-order valence-electron chi connectivity index (χ2n) is 7.48. The molecule has 0 saturated heterocycles. The van der Waals surface area contributed by atoms with Gasteiger partial charge < -0.3 is 10.4 Å². The minimum Gasteiger partial charge on any atom is -0.508 e. The summed E-state index contributed by atoms with van der Waals surface area (Å²) in [4.78, 5) is 0. The molecule has 124 valence electrons. The highest BCUT2D eigenvalue weighted by Gasteiger charge is 2.54. The number of halogens is 2. The van der Waals surface area contributed by atoms with E-state index in [0.717, 1.165) is 17.5 Å². The van der Waals surface area contributed by atoms with Crippen molar-refractivity contribution in [1.82, 2.24) is 0 Å². The van der Waals surface area contributed by atoms with Gasteiger partial charge in [0.25, 0.3) is 0 Å². The summed E-state index contributed by atoms with van der Waals surface area (Å²) in [6.45, 7) is 0. The van der Waals surface area contributed by atoms with Gasteiger partial charge >= 0.3 is 0 Å². The first kappa shape index (κ1) is 14.9. The van der Waals surface area contributed by atoms with Gasteiger partial charge in [-0.1, -0.05) is 41.4 Å². The van der Waals surface area contributed by atoms with Crippen molar-refractivity contribution < 1.29 is 5.11 Å². The van der Waals surface area contributed by atoms with Crippen molar-refractivity contribution in [3.05, 3.63) is 57.6 Å². The van der Waals surface area contributed by atoms with E-state index in [9.17, 15) is 5.11 Å². The zero-order valence-corrected chi connectivity index (χ0v) is 14.7. The van der Waals surface area contributed by atoms with Crippen molar-refractivity contribution in [2.24, 2.45) is 17.8 Å². The van der Waals surface area contributed by atoms with Gasteiger partial charge in [-0.2, -0.15) is 0 Å². The van der Waals surface area contributed by atoms with Gasteiger partial charge in [-0.15, -0.1) is 0 Å². The molecule has 0 unspecified atom stereocenters. The topological polar surface area (TPSA) is 32.3 Å². The van der Waals surface area contributed by atoms with Crippen molar-refractivity contribution in [2.75, 3.05) is 5.32 Å². The number of anilines is 1.